The summed E-state index contributed by atoms with van der Waals surface area (Å²) in [4.78, 5) is 11.6. The Balaban J connectivity index is 2.94. The number of rotatable bonds is 7. The second-order valence-corrected chi connectivity index (χ2v) is 4.41. The minimum atomic E-state index is -1.18. The van der Waals surface area contributed by atoms with Crippen molar-refractivity contribution >= 4 is 11.6 Å². The summed E-state index contributed by atoms with van der Waals surface area (Å²) in [5, 5.41) is 2.81. The average molecular weight is 270 g/mol. The van der Waals surface area contributed by atoms with Gasteiger partial charge in [-0.2, -0.15) is 0 Å². The van der Waals surface area contributed by atoms with Gasteiger partial charge in [-0.25, -0.2) is 4.39 Å². The SMILES string of the molecule is COC(CC(C)(Nc1ccccc1F)C(N)=O)OC. The molecule has 5 nitrogen and oxygen atoms in total. The van der Waals surface area contributed by atoms with Gasteiger partial charge in [0, 0.05) is 20.6 Å². The van der Waals surface area contributed by atoms with Gasteiger partial charge < -0.3 is 20.5 Å². The number of nitrogens with one attached hydrogen (secondary N) is 1. The first-order valence-electron chi connectivity index (χ1n) is 5.81. The summed E-state index contributed by atoms with van der Waals surface area (Å²) >= 11 is 0. The minimum absolute atomic E-state index is 0.156. The van der Waals surface area contributed by atoms with E-state index in [1.54, 1.807) is 19.1 Å². The lowest BCUT2D eigenvalue weighted by Crippen LogP contribution is -2.50. The number of anilines is 1. The molecule has 0 aromatic heterocycles. The molecule has 1 aromatic carbocycles. The Bertz CT molecular complexity index is 438. The van der Waals surface area contributed by atoms with E-state index in [1.165, 1.54) is 26.4 Å². The van der Waals surface area contributed by atoms with Crippen LogP contribution >= 0.6 is 0 Å². The largest absolute Gasteiger partial charge is 0.369 e. The third-order valence-electron chi connectivity index (χ3n) is 2.93. The number of hydrogen-bond donors (Lipinski definition) is 2. The van der Waals surface area contributed by atoms with Crippen LogP contribution in [0.2, 0.25) is 0 Å². The standard InChI is InChI=1S/C13H19FN2O3/c1-13(12(15)17,8-11(18-2)19-3)16-10-7-5-4-6-9(10)14/h4-7,11,16H,8H2,1-3H3,(H2,15,17). The number of primary amides is 1. The molecule has 0 spiro atoms. The molecule has 106 valence electrons. The summed E-state index contributed by atoms with van der Waals surface area (Å²) in [5.74, 6) is -1.07. The lowest BCUT2D eigenvalue weighted by atomic mass is 9.95. The summed E-state index contributed by atoms with van der Waals surface area (Å²) in [7, 11) is 2.91. The molecule has 6 heteroatoms. The number of carbonyl (C=O) groups excluding carboxylic acids is 1. The van der Waals surface area contributed by atoms with Crippen molar-refractivity contribution < 1.29 is 18.7 Å². The lowest BCUT2D eigenvalue weighted by Gasteiger charge is -2.31. The minimum Gasteiger partial charge on any atom is -0.369 e. The third-order valence-corrected chi connectivity index (χ3v) is 2.93. The maximum atomic E-state index is 13.6. The van der Waals surface area contributed by atoms with Crippen LogP contribution in [0.3, 0.4) is 0 Å². The molecule has 1 rings (SSSR count). The van der Waals surface area contributed by atoms with Crippen molar-refractivity contribution in [2.24, 2.45) is 5.73 Å². The van der Waals surface area contributed by atoms with Crippen LogP contribution in [-0.4, -0.2) is 32.0 Å². The van der Waals surface area contributed by atoms with Gasteiger partial charge in [-0.05, 0) is 19.1 Å². The zero-order chi connectivity index (χ0) is 14.5. The van der Waals surface area contributed by atoms with Gasteiger partial charge >= 0.3 is 0 Å². The van der Waals surface area contributed by atoms with Crippen LogP contribution in [0.25, 0.3) is 0 Å². The van der Waals surface area contributed by atoms with Crippen molar-refractivity contribution in [3.05, 3.63) is 30.1 Å². The molecule has 1 atom stereocenters. The van der Waals surface area contributed by atoms with Crippen LogP contribution < -0.4 is 11.1 Å². The summed E-state index contributed by atoms with van der Waals surface area (Å²) in [6.07, 6.45) is -0.458. The molecule has 0 saturated heterocycles. The smallest absolute Gasteiger partial charge is 0.243 e. The highest BCUT2D eigenvalue weighted by atomic mass is 19.1. The number of methoxy groups -OCH3 is 2. The molecule has 0 heterocycles. The first-order valence-corrected chi connectivity index (χ1v) is 5.81. The van der Waals surface area contributed by atoms with Crippen LogP contribution in [-0.2, 0) is 14.3 Å². The molecule has 19 heavy (non-hydrogen) atoms. The molecule has 0 saturated carbocycles. The van der Waals surface area contributed by atoms with Gasteiger partial charge in [0.15, 0.2) is 6.29 Å². The fraction of sp³-hybridized carbons (Fsp3) is 0.462. The molecule has 0 aliphatic rings. The second kappa shape index (κ2) is 6.49. The van der Waals surface area contributed by atoms with Gasteiger partial charge in [-0.3, -0.25) is 4.79 Å². The van der Waals surface area contributed by atoms with E-state index in [1.807, 2.05) is 0 Å². The Kier molecular flexibility index (Phi) is 5.26. The van der Waals surface area contributed by atoms with E-state index >= 15 is 0 Å². The van der Waals surface area contributed by atoms with Crippen molar-refractivity contribution in [3.63, 3.8) is 0 Å². The molecule has 0 aliphatic carbocycles. The van der Waals surface area contributed by atoms with E-state index in [0.717, 1.165) is 0 Å². The monoisotopic (exact) mass is 270 g/mol. The first kappa shape index (κ1) is 15.4. The molecule has 1 unspecified atom stereocenters. The van der Waals surface area contributed by atoms with Gasteiger partial charge in [-0.1, -0.05) is 12.1 Å². The van der Waals surface area contributed by atoms with Crippen molar-refractivity contribution in [2.75, 3.05) is 19.5 Å². The molecule has 0 radical (unpaired) electrons. The number of nitrogens with two attached hydrogens (primary N) is 1. The highest BCUT2D eigenvalue weighted by Gasteiger charge is 2.35. The maximum absolute atomic E-state index is 13.6. The Morgan fingerprint density at radius 3 is 2.47 bits per heavy atom. The van der Waals surface area contributed by atoms with E-state index in [-0.39, 0.29) is 12.1 Å². The topological polar surface area (TPSA) is 73.6 Å². The average Bonchev–Trinajstić information content (AvgIpc) is 2.38. The molecule has 0 fully saturated rings. The quantitative estimate of drug-likeness (QED) is 0.736. The van der Waals surface area contributed by atoms with Crippen LogP contribution in [0, 0.1) is 5.82 Å². The molecular formula is C13H19FN2O3. The highest BCUT2D eigenvalue weighted by molar-refractivity contribution is 5.87. The molecule has 0 aliphatic heterocycles. The predicted molar refractivity (Wildman–Crippen MR) is 70.0 cm³/mol. The first-order chi connectivity index (χ1) is 8.92. The predicted octanol–water partition coefficient (Wildman–Crippen LogP) is 1.49. The number of halogens is 1. The van der Waals surface area contributed by atoms with E-state index in [4.69, 9.17) is 15.2 Å². The summed E-state index contributed by atoms with van der Waals surface area (Å²) in [5.41, 5.74) is 4.41. The molecule has 1 amide bonds. The number of carbonyl (C=O) groups is 1. The van der Waals surface area contributed by atoms with Crippen molar-refractivity contribution in [3.8, 4) is 0 Å². The van der Waals surface area contributed by atoms with E-state index in [9.17, 15) is 9.18 Å². The van der Waals surface area contributed by atoms with Crippen molar-refractivity contribution in [1.82, 2.24) is 0 Å². The van der Waals surface area contributed by atoms with Gasteiger partial charge in [0.2, 0.25) is 5.91 Å². The zero-order valence-corrected chi connectivity index (χ0v) is 11.3. The lowest BCUT2D eigenvalue weighted by molar-refractivity contribution is -0.134. The fourth-order valence-corrected chi connectivity index (χ4v) is 1.67. The molecule has 0 bridgehead atoms. The maximum Gasteiger partial charge on any atom is 0.243 e. The van der Waals surface area contributed by atoms with Crippen LogP contribution in [0.4, 0.5) is 10.1 Å². The van der Waals surface area contributed by atoms with E-state index in [2.05, 4.69) is 5.32 Å². The van der Waals surface area contributed by atoms with Crippen LogP contribution in [0.5, 0.6) is 0 Å². The summed E-state index contributed by atoms with van der Waals surface area (Å²) < 4.78 is 23.7. The number of ether oxygens (including phenoxy) is 2. The molecular weight excluding hydrogens is 251 g/mol. The van der Waals surface area contributed by atoms with Crippen LogP contribution in [0.15, 0.2) is 24.3 Å². The van der Waals surface area contributed by atoms with Gasteiger partial charge in [0.25, 0.3) is 0 Å². The number of para-hydroxylation sites is 1. The normalized spacial score (nSPS) is 14.2. The Labute approximate surface area is 111 Å². The Morgan fingerprint density at radius 2 is 2.00 bits per heavy atom. The Hall–Kier alpha value is -1.66. The van der Waals surface area contributed by atoms with Crippen LogP contribution in [0.1, 0.15) is 13.3 Å². The number of hydrogen-bond acceptors (Lipinski definition) is 4. The highest BCUT2D eigenvalue weighted by Crippen LogP contribution is 2.23. The summed E-state index contributed by atoms with van der Waals surface area (Å²) in [6, 6.07) is 6.06. The van der Waals surface area contributed by atoms with Crippen molar-refractivity contribution in [2.45, 2.75) is 25.2 Å². The zero-order valence-electron chi connectivity index (χ0n) is 11.3. The number of benzene rings is 1. The van der Waals surface area contributed by atoms with Gasteiger partial charge in [-0.15, -0.1) is 0 Å². The number of amides is 1. The van der Waals surface area contributed by atoms with Crippen molar-refractivity contribution in [1.29, 1.82) is 0 Å². The molecule has 1 aromatic rings. The Morgan fingerprint density at radius 1 is 1.42 bits per heavy atom. The third kappa shape index (κ3) is 3.90. The second-order valence-electron chi connectivity index (χ2n) is 4.41. The van der Waals surface area contributed by atoms with Gasteiger partial charge in [0.1, 0.15) is 11.4 Å². The molecule has 3 N–H and O–H groups in total. The van der Waals surface area contributed by atoms with Gasteiger partial charge in [0.05, 0.1) is 5.69 Å². The fourth-order valence-electron chi connectivity index (χ4n) is 1.67. The van der Waals surface area contributed by atoms with E-state index < -0.39 is 23.6 Å². The van der Waals surface area contributed by atoms with E-state index in [0.29, 0.717) is 0 Å². The summed E-state index contributed by atoms with van der Waals surface area (Å²) in [6.45, 7) is 1.58.